The van der Waals surface area contributed by atoms with Gasteiger partial charge in [-0.2, -0.15) is 5.10 Å². The van der Waals surface area contributed by atoms with Gasteiger partial charge in [0.25, 0.3) is 0 Å². The molecule has 20 heavy (non-hydrogen) atoms. The predicted molar refractivity (Wildman–Crippen MR) is 82.8 cm³/mol. The Bertz CT molecular complexity index is 575. The third-order valence-corrected chi connectivity index (χ3v) is 4.24. The summed E-state index contributed by atoms with van der Waals surface area (Å²) in [5.74, 6) is 0. The normalized spacial score (nSPS) is 20.6. The Kier molecular flexibility index (Phi) is 4.03. The maximum absolute atomic E-state index is 4.81. The minimum absolute atomic E-state index is 0.628. The second kappa shape index (κ2) is 5.94. The monoisotopic (exact) mass is 272 g/mol. The van der Waals surface area contributed by atoms with Crippen LogP contribution in [0.3, 0.4) is 0 Å². The van der Waals surface area contributed by atoms with E-state index in [0.29, 0.717) is 6.04 Å². The third kappa shape index (κ3) is 2.58. The Hall–Kier alpha value is -1.39. The van der Waals surface area contributed by atoms with Crippen molar-refractivity contribution < 1.29 is 0 Å². The summed E-state index contributed by atoms with van der Waals surface area (Å²) >= 11 is 0. The molecule has 1 aliphatic heterocycles. The fraction of sp³-hybridized carbons (Fsp3) is 0.562. The summed E-state index contributed by atoms with van der Waals surface area (Å²) < 4.78 is 2.12. The van der Waals surface area contributed by atoms with Crippen molar-refractivity contribution in [3.8, 4) is 0 Å². The van der Waals surface area contributed by atoms with Crippen LogP contribution < -0.4 is 5.32 Å². The van der Waals surface area contributed by atoms with E-state index in [-0.39, 0.29) is 0 Å². The van der Waals surface area contributed by atoms with E-state index in [4.69, 9.17) is 5.10 Å². The van der Waals surface area contributed by atoms with Crippen molar-refractivity contribution in [2.45, 2.75) is 39.4 Å². The lowest BCUT2D eigenvalue weighted by Gasteiger charge is -2.32. The van der Waals surface area contributed by atoms with Gasteiger partial charge in [0, 0.05) is 44.2 Å². The first-order valence-electron chi connectivity index (χ1n) is 7.72. The Morgan fingerprint density at radius 3 is 2.95 bits per heavy atom. The smallest absolute Gasteiger partial charge is 0.0843 e. The summed E-state index contributed by atoms with van der Waals surface area (Å²) in [6, 6.07) is 9.20. The summed E-state index contributed by atoms with van der Waals surface area (Å²) in [6.45, 7) is 9.63. The average Bonchev–Trinajstić information content (AvgIpc) is 2.86. The van der Waals surface area contributed by atoms with Crippen molar-refractivity contribution in [1.82, 2.24) is 20.0 Å². The molecule has 1 fully saturated rings. The van der Waals surface area contributed by atoms with Crippen LogP contribution in [0.25, 0.3) is 10.9 Å². The number of hydrogen-bond donors (Lipinski definition) is 1. The molecule has 1 aromatic heterocycles. The minimum Gasteiger partial charge on any atom is -0.311 e. The Morgan fingerprint density at radius 1 is 1.30 bits per heavy atom. The maximum atomic E-state index is 4.81. The lowest BCUT2D eigenvalue weighted by molar-refractivity contribution is 0.188. The Labute approximate surface area is 120 Å². The second-order valence-electron chi connectivity index (χ2n) is 5.57. The maximum Gasteiger partial charge on any atom is 0.0843 e. The molecule has 0 aliphatic carbocycles. The minimum atomic E-state index is 0.628. The van der Waals surface area contributed by atoms with E-state index in [2.05, 4.69) is 53.0 Å². The van der Waals surface area contributed by atoms with Gasteiger partial charge in [0.05, 0.1) is 11.2 Å². The second-order valence-corrected chi connectivity index (χ2v) is 5.57. The number of nitrogens with one attached hydrogen (secondary N) is 1. The summed E-state index contributed by atoms with van der Waals surface area (Å²) in [5.41, 5.74) is 2.48. The summed E-state index contributed by atoms with van der Waals surface area (Å²) in [6.07, 6.45) is 1.20. The van der Waals surface area contributed by atoms with Crippen molar-refractivity contribution in [2.75, 3.05) is 19.6 Å². The van der Waals surface area contributed by atoms with Crippen LogP contribution in [0.2, 0.25) is 0 Å². The fourth-order valence-electron chi connectivity index (χ4n) is 3.08. The van der Waals surface area contributed by atoms with Gasteiger partial charge in [-0.15, -0.1) is 0 Å². The number of benzene rings is 1. The molecule has 0 radical (unpaired) electrons. The van der Waals surface area contributed by atoms with Gasteiger partial charge in [-0.1, -0.05) is 25.1 Å². The number of para-hydroxylation sites is 1. The van der Waals surface area contributed by atoms with E-state index in [1.54, 1.807) is 0 Å². The van der Waals surface area contributed by atoms with Gasteiger partial charge in [0.15, 0.2) is 0 Å². The number of rotatable bonds is 4. The number of aryl methyl sites for hydroxylation is 1. The van der Waals surface area contributed by atoms with Crippen molar-refractivity contribution in [1.29, 1.82) is 0 Å². The van der Waals surface area contributed by atoms with E-state index in [0.717, 1.165) is 32.7 Å². The van der Waals surface area contributed by atoms with Crippen LogP contribution >= 0.6 is 0 Å². The number of hydrogen-bond acceptors (Lipinski definition) is 3. The van der Waals surface area contributed by atoms with E-state index in [1.807, 2.05) is 0 Å². The van der Waals surface area contributed by atoms with Crippen molar-refractivity contribution >= 4 is 10.9 Å². The van der Waals surface area contributed by atoms with E-state index in [1.165, 1.54) is 23.0 Å². The highest BCUT2D eigenvalue weighted by molar-refractivity contribution is 5.81. The molecule has 0 spiro atoms. The molecule has 0 saturated carbocycles. The van der Waals surface area contributed by atoms with Crippen molar-refractivity contribution in [3.63, 3.8) is 0 Å². The lowest BCUT2D eigenvalue weighted by Crippen LogP contribution is -2.49. The molecule has 0 bridgehead atoms. The summed E-state index contributed by atoms with van der Waals surface area (Å²) in [5, 5.41) is 9.68. The molecule has 0 amide bonds. The SMILES string of the molecule is CCC1CN(Cc2nn(CC)c3ccccc23)CCN1. The summed E-state index contributed by atoms with van der Waals surface area (Å²) in [7, 11) is 0. The molecule has 1 unspecified atom stereocenters. The van der Waals surface area contributed by atoms with Gasteiger partial charge in [-0.05, 0) is 19.4 Å². The van der Waals surface area contributed by atoms with Crippen LogP contribution in [0.15, 0.2) is 24.3 Å². The molecule has 2 heterocycles. The average molecular weight is 272 g/mol. The van der Waals surface area contributed by atoms with Crippen LogP contribution in [0.1, 0.15) is 26.0 Å². The molecule has 3 rings (SSSR count). The lowest BCUT2D eigenvalue weighted by atomic mass is 10.1. The van der Waals surface area contributed by atoms with Crippen molar-refractivity contribution in [2.24, 2.45) is 0 Å². The zero-order valence-corrected chi connectivity index (χ0v) is 12.5. The molecule has 4 nitrogen and oxygen atoms in total. The molecule has 1 aromatic carbocycles. The molecule has 1 atom stereocenters. The van der Waals surface area contributed by atoms with E-state index >= 15 is 0 Å². The Morgan fingerprint density at radius 2 is 2.15 bits per heavy atom. The molecule has 108 valence electrons. The molecule has 1 N–H and O–H groups in total. The van der Waals surface area contributed by atoms with Crippen LogP contribution in [0, 0.1) is 0 Å². The number of piperazine rings is 1. The molecule has 1 aliphatic rings. The first-order valence-corrected chi connectivity index (χ1v) is 7.72. The summed E-state index contributed by atoms with van der Waals surface area (Å²) in [4.78, 5) is 2.53. The van der Waals surface area contributed by atoms with Gasteiger partial charge < -0.3 is 5.32 Å². The molecule has 2 aromatic rings. The van der Waals surface area contributed by atoms with Crippen LogP contribution in [-0.4, -0.2) is 40.4 Å². The number of aromatic nitrogens is 2. The standard InChI is InChI=1S/C16H24N4/c1-3-13-11-19(10-9-17-13)12-15-14-7-5-6-8-16(14)20(4-2)18-15/h5-8,13,17H,3-4,9-12H2,1-2H3. The zero-order valence-electron chi connectivity index (χ0n) is 12.5. The van der Waals surface area contributed by atoms with Crippen LogP contribution in [0.5, 0.6) is 0 Å². The van der Waals surface area contributed by atoms with Gasteiger partial charge in [0.2, 0.25) is 0 Å². The van der Waals surface area contributed by atoms with Crippen molar-refractivity contribution in [3.05, 3.63) is 30.0 Å². The zero-order chi connectivity index (χ0) is 13.9. The van der Waals surface area contributed by atoms with Crippen LogP contribution in [-0.2, 0) is 13.1 Å². The van der Waals surface area contributed by atoms with E-state index < -0.39 is 0 Å². The van der Waals surface area contributed by atoms with E-state index in [9.17, 15) is 0 Å². The first-order chi connectivity index (χ1) is 9.81. The molecule has 1 saturated heterocycles. The van der Waals surface area contributed by atoms with Gasteiger partial charge in [-0.3, -0.25) is 9.58 Å². The van der Waals surface area contributed by atoms with Gasteiger partial charge >= 0.3 is 0 Å². The van der Waals surface area contributed by atoms with Crippen LogP contribution in [0.4, 0.5) is 0 Å². The Balaban J connectivity index is 1.83. The highest BCUT2D eigenvalue weighted by Crippen LogP contribution is 2.20. The third-order valence-electron chi connectivity index (χ3n) is 4.24. The topological polar surface area (TPSA) is 33.1 Å². The highest BCUT2D eigenvalue weighted by atomic mass is 15.3. The first kappa shape index (κ1) is 13.6. The highest BCUT2D eigenvalue weighted by Gasteiger charge is 2.20. The largest absolute Gasteiger partial charge is 0.311 e. The molecular weight excluding hydrogens is 248 g/mol. The number of nitrogens with zero attached hydrogens (tertiary/aromatic N) is 3. The molecular formula is C16H24N4. The fourth-order valence-corrected chi connectivity index (χ4v) is 3.08. The number of fused-ring (bicyclic) bond motifs is 1. The predicted octanol–water partition coefficient (Wildman–Crippen LogP) is 2.24. The van der Waals surface area contributed by atoms with Gasteiger partial charge in [0.1, 0.15) is 0 Å². The quantitative estimate of drug-likeness (QED) is 0.926. The van der Waals surface area contributed by atoms with Gasteiger partial charge in [-0.25, -0.2) is 0 Å². The molecule has 4 heteroatoms.